The Balaban J connectivity index is 1.78. The fraction of sp³-hybridized carbons (Fsp3) is 0.647. The summed E-state index contributed by atoms with van der Waals surface area (Å²) in [5.41, 5.74) is 0.570. The summed E-state index contributed by atoms with van der Waals surface area (Å²) in [5.74, 6) is -1.46. The summed E-state index contributed by atoms with van der Waals surface area (Å²) in [6.07, 6.45) is -0.606. The maximum atomic E-state index is 12.1. The number of esters is 2. The van der Waals surface area contributed by atoms with E-state index in [0.29, 0.717) is 30.6 Å². The largest absolute Gasteiger partial charge is 0.462 e. The molecule has 2 heterocycles. The molecule has 0 aromatic heterocycles. The van der Waals surface area contributed by atoms with Crippen molar-refractivity contribution in [3.63, 3.8) is 0 Å². The van der Waals surface area contributed by atoms with Gasteiger partial charge in [-0.25, -0.2) is 4.79 Å². The molecule has 23 heavy (non-hydrogen) atoms. The number of aliphatic hydroxyl groups excluding tert-OH is 1. The van der Waals surface area contributed by atoms with Gasteiger partial charge in [0.1, 0.15) is 12.2 Å². The minimum atomic E-state index is -0.621. The summed E-state index contributed by atoms with van der Waals surface area (Å²) >= 11 is 0. The highest BCUT2D eigenvalue weighted by Crippen LogP contribution is 2.59. The number of epoxide rings is 1. The molecule has 4 aliphatic rings. The Morgan fingerprint density at radius 3 is 2.70 bits per heavy atom. The summed E-state index contributed by atoms with van der Waals surface area (Å²) in [5, 5.41) is 10.2. The van der Waals surface area contributed by atoms with Crippen LogP contribution in [0.25, 0.3) is 0 Å². The lowest BCUT2D eigenvalue weighted by molar-refractivity contribution is -0.150. The van der Waals surface area contributed by atoms with Crippen molar-refractivity contribution in [1.29, 1.82) is 0 Å². The van der Waals surface area contributed by atoms with Gasteiger partial charge in [-0.3, -0.25) is 4.79 Å². The van der Waals surface area contributed by atoms with Crippen LogP contribution in [0, 0.1) is 17.8 Å². The maximum absolute atomic E-state index is 12.1. The van der Waals surface area contributed by atoms with Crippen LogP contribution < -0.4 is 0 Å². The number of ether oxygens (including phenoxy) is 3. The zero-order valence-corrected chi connectivity index (χ0v) is 13.0. The summed E-state index contributed by atoms with van der Waals surface area (Å²) < 4.78 is 16.8. The molecule has 7 atom stereocenters. The highest BCUT2D eigenvalue weighted by molar-refractivity contribution is 5.91. The first-order valence-electron chi connectivity index (χ1n) is 7.92. The molecule has 0 amide bonds. The maximum Gasteiger partial charge on any atom is 0.334 e. The zero-order chi connectivity index (χ0) is 16.5. The smallest absolute Gasteiger partial charge is 0.334 e. The van der Waals surface area contributed by atoms with Crippen molar-refractivity contribution < 1.29 is 28.9 Å². The van der Waals surface area contributed by atoms with E-state index in [2.05, 4.69) is 13.2 Å². The van der Waals surface area contributed by atoms with E-state index >= 15 is 0 Å². The van der Waals surface area contributed by atoms with E-state index < -0.39 is 41.8 Å². The molecule has 1 N–H and O–H groups in total. The molecule has 4 rings (SSSR count). The van der Waals surface area contributed by atoms with Gasteiger partial charge in [0.15, 0.2) is 0 Å². The minimum absolute atomic E-state index is 0.0109. The molecule has 2 saturated carbocycles. The van der Waals surface area contributed by atoms with Crippen molar-refractivity contribution in [2.45, 2.75) is 43.7 Å². The van der Waals surface area contributed by atoms with Gasteiger partial charge in [-0.05, 0) is 12.0 Å². The van der Waals surface area contributed by atoms with E-state index in [1.807, 2.05) is 0 Å². The lowest BCUT2D eigenvalue weighted by Crippen LogP contribution is -2.35. The van der Waals surface area contributed by atoms with Gasteiger partial charge < -0.3 is 19.3 Å². The summed E-state index contributed by atoms with van der Waals surface area (Å²) in [4.78, 5) is 23.6. The number of fused-ring (bicyclic) bond motifs is 4. The van der Waals surface area contributed by atoms with Crippen molar-refractivity contribution in [3.8, 4) is 0 Å². The fourth-order valence-electron chi connectivity index (χ4n) is 4.71. The van der Waals surface area contributed by atoms with Gasteiger partial charge in [0.05, 0.1) is 24.2 Å². The lowest BCUT2D eigenvalue weighted by atomic mass is 9.79. The molecule has 2 saturated heterocycles. The second kappa shape index (κ2) is 4.68. The summed E-state index contributed by atoms with van der Waals surface area (Å²) in [6.45, 7) is 9.78. The van der Waals surface area contributed by atoms with Gasteiger partial charge in [0.2, 0.25) is 0 Å². The monoisotopic (exact) mass is 320 g/mol. The molecule has 0 radical (unpaired) electrons. The molecule has 2 aliphatic heterocycles. The third kappa shape index (κ3) is 2.01. The van der Waals surface area contributed by atoms with Crippen molar-refractivity contribution in [3.05, 3.63) is 24.3 Å². The van der Waals surface area contributed by atoms with Crippen LogP contribution in [0.4, 0.5) is 0 Å². The highest BCUT2D eigenvalue weighted by Gasteiger charge is 2.67. The van der Waals surface area contributed by atoms with Crippen molar-refractivity contribution in [2.24, 2.45) is 17.8 Å². The molecule has 0 bridgehead atoms. The number of aliphatic hydroxyl groups is 1. The van der Waals surface area contributed by atoms with Crippen LogP contribution in [0.5, 0.6) is 0 Å². The SMILES string of the molecule is C=C1C(=O)O[C@H]2[C@@H]1[C@H](OC(C)=O)C[C@]1(CO1)[C@H]1C[C@H](O)C(=C)[C@H]21. The van der Waals surface area contributed by atoms with E-state index in [0.717, 1.165) is 0 Å². The van der Waals surface area contributed by atoms with Gasteiger partial charge >= 0.3 is 11.9 Å². The van der Waals surface area contributed by atoms with Crippen LogP contribution in [0.3, 0.4) is 0 Å². The lowest BCUT2D eigenvalue weighted by Gasteiger charge is -2.28. The molecule has 6 heteroatoms. The number of hydrogen-bond donors (Lipinski definition) is 1. The first-order chi connectivity index (χ1) is 10.8. The second-order valence-electron chi connectivity index (χ2n) is 7.09. The number of hydrogen-bond acceptors (Lipinski definition) is 6. The Kier molecular flexibility index (Phi) is 3.03. The molecule has 0 aromatic rings. The predicted molar refractivity (Wildman–Crippen MR) is 78.1 cm³/mol. The van der Waals surface area contributed by atoms with Gasteiger partial charge in [0, 0.05) is 30.8 Å². The molecular weight excluding hydrogens is 300 g/mol. The number of rotatable bonds is 1. The van der Waals surface area contributed by atoms with Crippen molar-refractivity contribution in [1.82, 2.24) is 0 Å². The summed E-state index contributed by atoms with van der Waals surface area (Å²) in [7, 11) is 0. The Labute approximate surface area is 134 Å². The highest BCUT2D eigenvalue weighted by atomic mass is 16.6. The van der Waals surface area contributed by atoms with Gasteiger partial charge in [-0.15, -0.1) is 0 Å². The van der Waals surface area contributed by atoms with E-state index in [4.69, 9.17) is 14.2 Å². The Morgan fingerprint density at radius 2 is 2.09 bits per heavy atom. The first kappa shape index (κ1) is 14.9. The van der Waals surface area contributed by atoms with Crippen LogP contribution in [0.2, 0.25) is 0 Å². The Bertz CT molecular complexity index is 619. The molecule has 0 unspecified atom stereocenters. The van der Waals surface area contributed by atoms with Gasteiger partial charge in [-0.2, -0.15) is 0 Å². The normalized spacial score (nSPS) is 47.8. The molecule has 0 aromatic carbocycles. The van der Waals surface area contributed by atoms with Crippen LogP contribution in [-0.2, 0) is 23.8 Å². The zero-order valence-electron chi connectivity index (χ0n) is 13.0. The standard InChI is InChI=1S/C17H20O6/c1-7-11(19)4-10-13(7)15-14(8(2)16(20)23-15)12(22-9(3)18)5-17(10)6-21-17/h10-15,19H,1-2,4-6H2,3H3/t10-,11-,12+,13-,14-,15+,17-/m0/s1. The molecule has 124 valence electrons. The Morgan fingerprint density at radius 1 is 1.39 bits per heavy atom. The third-order valence-electron chi connectivity index (χ3n) is 5.84. The molecule has 4 fully saturated rings. The topological polar surface area (TPSA) is 85.4 Å². The first-order valence-corrected chi connectivity index (χ1v) is 7.92. The molecule has 2 aliphatic carbocycles. The predicted octanol–water partition coefficient (Wildman–Crippen LogP) is 0.742. The second-order valence-corrected chi connectivity index (χ2v) is 7.09. The van der Waals surface area contributed by atoms with E-state index in [1.54, 1.807) is 0 Å². The third-order valence-corrected chi connectivity index (χ3v) is 5.84. The molecule has 1 spiro atoms. The van der Waals surface area contributed by atoms with Crippen LogP contribution >= 0.6 is 0 Å². The van der Waals surface area contributed by atoms with E-state index in [1.165, 1.54) is 6.92 Å². The quantitative estimate of drug-likeness (QED) is 0.332. The minimum Gasteiger partial charge on any atom is -0.462 e. The van der Waals surface area contributed by atoms with E-state index in [9.17, 15) is 14.7 Å². The Hall–Kier alpha value is -1.66. The van der Waals surface area contributed by atoms with Crippen molar-refractivity contribution >= 4 is 11.9 Å². The summed E-state index contributed by atoms with van der Waals surface area (Å²) in [6, 6.07) is 0. The van der Waals surface area contributed by atoms with Gasteiger partial charge in [0.25, 0.3) is 0 Å². The van der Waals surface area contributed by atoms with Crippen LogP contribution in [-0.4, -0.2) is 47.6 Å². The van der Waals surface area contributed by atoms with Crippen LogP contribution in [0.1, 0.15) is 19.8 Å². The average molecular weight is 320 g/mol. The molecular formula is C17H20O6. The fourth-order valence-corrected chi connectivity index (χ4v) is 4.71. The van der Waals surface area contributed by atoms with Crippen LogP contribution in [0.15, 0.2) is 24.3 Å². The van der Waals surface area contributed by atoms with Gasteiger partial charge in [-0.1, -0.05) is 13.2 Å². The van der Waals surface area contributed by atoms with Crippen molar-refractivity contribution in [2.75, 3.05) is 6.61 Å². The average Bonchev–Trinajstić information content (AvgIpc) is 3.12. The number of carbonyl (C=O) groups is 2. The molecule has 6 nitrogen and oxygen atoms in total. The van der Waals surface area contributed by atoms with E-state index in [-0.39, 0.29) is 11.8 Å². The number of carbonyl (C=O) groups excluding carboxylic acids is 2.